The molecule has 0 saturated heterocycles. The highest BCUT2D eigenvalue weighted by Crippen LogP contribution is 2.22. The van der Waals surface area contributed by atoms with Crippen LogP contribution in [0.2, 0.25) is 0 Å². The van der Waals surface area contributed by atoms with Crippen molar-refractivity contribution >= 4 is 0 Å². The van der Waals surface area contributed by atoms with Gasteiger partial charge in [0.2, 0.25) is 0 Å². The molecule has 0 aliphatic heterocycles. The quantitative estimate of drug-likeness (QED) is 0.734. The van der Waals surface area contributed by atoms with Gasteiger partial charge in [-0.3, -0.25) is 5.10 Å². The van der Waals surface area contributed by atoms with Gasteiger partial charge in [0.1, 0.15) is 0 Å². The third kappa shape index (κ3) is 4.69. The van der Waals surface area contributed by atoms with Crippen molar-refractivity contribution in [3.05, 3.63) is 41.6 Å². The third-order valence-corrected chi connectivity index (χ3v) is 3.40. The smallest absolute Gasteiger partial charge is 0.0695 e. The Labute approximate surface area is 126 Å². The van der Waals surface area contributed by atoms with Crippen LogP contribution in [-0.4, -0.2) is 30.5 Å². The molecule has 1 aromatic heterocycles. The Morgan fingerprint density at radius 2 is 2.00 bits per heavy atom. The zero-order valence-corrected chi connectivity index (χ0v) is 13.1. The number of H-pyrrole nitrogens is 1. The van der Waals surface area contributed by atoms with Crippen molar-refractivity contribution in [2.24, 2.45) is 5.92 Å². The Hall–Kier alpha value is -1.65. The Balaban J connectivity index is 2.02. The van der Waals surface area contributed by atoms with E-state index in [9.17, 15) is 0 Å². The number of aromatic nitrogens is 2. The van der Waals surface area contributed by atoms with E-state index in [1.165, 1.54) is 16.7 Å². The summed E-state index contributed by atoms with van der Waals surface area (Å²) in [6.07, 6.45) is 3.01. The van der Waals surface area contributed by atoms with Gasteiger partial charge in [0, 0.05) is 25.8 Å². The minimum absolute atomic E-state index is 0.684. The maximum atomic E-state index is 5.03. The molecular formula is C17H25N3O. The van der Waals surface area contributed by atoms with E-state index < -0.39 is 0 Å². The van der Waals surface area contributed by atoms with Crippen molar-refractivity contribution in [1.82, 2.24) is 15.5 Å². The van der Waals surface area contributed by atoms with Gasteiger partial charge in [-0.05, 0) is 23.5 Å². The monoisotopic (exact) mass is 287 g/mol. The average molecular weight is 287 g/mol. The van der Waals surface area contributed by atoms with E-state index in [-0.39, 0.29) is 0 Å². The maximum absolute atomic E-state index is 5.03. The molecule has 0 atom stereocenters. The fourth-order valence-electron chi connectivity index (χ4n) is 2.37. The molecule has 0 fully saturated rings. The number of nitrogens with one attached hydrogen (secondary N) is 2. The summed E-state index contributed by atoms with van der Waals surface area (Å²) in [5.41, 5.74) is 4.84. The number of rotatable bonds is 8. The summed E-state index contributed by atoms with van der Waals surface area (Å²) < 4.78 is 5.03. The minimum Gasteiger partial charge on any atom is -0.383 e. The first-order valence-electron chi connectivity index (χ1n) is 7.52. The molecule has 0 saturated carbocycles. The predicted octanol–water partition coefficient (Wildman–Crippen LogP) is 3.01. The van der Waals surface area contributed by atoms with E-state index in [1.54, 1.807) is 7.11 Å². The molecular weight excluding hydrogens is 262 g/mol. The van der Waals surface area contributed by atoms with Crippen LogP contribution in [0.3, 0.4) is 0 Å². The fourth-order valence-corrected chi connectivity index (χ4v) is 2.37. The number of hydrogen-bond acceptors (Lipinski definition) is 3. The molecule has 2 rings (SSSR count). The summed E-state index contributed by atoms with van der Waals surface area (Å²) in [6, 6.07) is 8.75. The van der Waals surface area contributed by atoms with Crippen LogP contribution in [0.15, 0.2) is 30.5 Å². The summed E-state index contributed by atoms with van der Waals surface area (Å²) >= 11 is 0. The van der Waals surface area contributed by atoms with Crippen molar-refractivity contribution in [2.45, 2.75) is 26.8 Å². The van der Waals surface area contributed by atoms with Crippen LogP contribution in [0.4, 0.5) is 0 Å². The highest BCUT2D eigenvalue weighted by atomic mass is 16.5. The van der Waals surface area contributed by atoms with Crippen LogP contribution in [0.25, 0.3) is 11.3 Å². The van der Waals surface area contributed by atoms with Gasteiger partial charge in [0.15, 0.2) is 0 Å². The van der Waals surface area contributed by atoms with E-state index in [2.05, 4.69) is 53.6 Å². The molecule has 114 valence electrons. The molecule has 1 heterocycles. The Bertz CT molecular complexity index is 531. The first-order chi connectivity index (χ1) is 10.2. The topological polar surface area (TPSA) is 49.9 Å². The second-order valence-corrected chi connectivity index (χ2v) is 5.73. The first kappa shape index (κ1) is 15.7. The standard InChI is InChI=1S/C17H25N3O/c1-13(2)10-14-4-6-15(7-5-14)17-16(12-19-20-17)11-18-8-9-21-3/h4-7,12-13,18H,8-11H2,1-3H3,(H,19,20). The number of ether oxygens (including phenoxy) is 1. The Morgan fingerprint density at radius 1 is 1.24 bits per heavy atom. The van der Waals surface area contributed by atoms with Crippen LogP contribution in [0, 0.1) is 5.92 Å². The van der Waals surface area contributed by atoms with Gasteiger partial charge in [0.25, 0.3) is 0 Å². The molecule has 0 amide bonds. The molecule has 0 unspecified atom stereocenters. The molecule has 0 aliphatic rings. The Morgan fingerprint density at radius 3 is 2.67 bits per heavy atom. The number of hydrogen-bond donors (Lipinski definition) is 2. The van der Waals surface area contributed by atoms with Crippen molar-refractivity contribution in [1.29, 1.82) is 0 Å². The lowest BCUT2D eigenvalue weighted by Crippen LogP contribution is -2.18. The lowest BCUT2D eigenvalue weighted by Gasteiger charge is -2.08. The van der Waals surface area contributed by atoms with Gasteiger partial charge in [0.05, 0.1) is 18.5 Å². The third-order valence-electron chi connectivity index (χ3n) is 3.40. The fraction of sp³-hybridized carbons (Fsp3) is 0.471. The molecule has 2 aromatic rings. The summed E-state index contributed by atoms with van der Waals surface area (Å²) in [7, 11) is 1.71. The predicted molar refractivity (Wildman–Crippen MR) is 86.1 cm³/mol. The summed E-state index contributed by atoms with van der Waals surface area (Å²) in [5, 5.41) is 10.6. The molecule has 0 spiro atoms. The normalized spacial score (nSPS) is 11.2. The highest BCUT2D eigenvalue weighted by Gasteiger charge is 2.07. The van der Waals surface area contributed by atoms with Gasteiger partial charge in [-0.15, -0.1) is 0 Å². The SMILES string of the molecule is COCCNCc1cn[nH]c1-c1ccc(CC(C)C)cc1. The zero-order valence-electron chi connectivity index (χ0n) is 13.1. The Kier molecular flexibility index (Phi) is 5.96. The largest absolute Gasteiger partial charge is 0.383 e. The molecule has 0 aliphatic carbocycles. The summed E-state index contributed by atoms with van der Waals surface area (Å²) in [4.78, 5) is 0. The molecule has 4 nitrogen and oxygen atoms in total. The zero-order chi connectivity index (χ0) is 15.1. The second-order valence-electron chi connectivity index (χ2n) is 5.73. The lowest BCUT2D eigenvalue weighted by molar-refractivity contribution is 0.199. The molecule has 2 N–H and O–H groups in total. The molecule has 0 radical (unpaired) electrons. The van der Waals surface area contributed by atoms with Crippen LogP contribution >= 0.6 is 0 Å². The molecule has 0 bridgehead atoms. The minimum atomic E-state index is 0.684. The van der Waals surface area contributed by atoms with E-state index in [0.29, 0.717) is 5.92 Å². The maximum Gasteiger partial charge on any atom is 0.0695 e. The van der Waals surface area contributed by atoms with Crippen LogP contribution in [0.5, 0.6) is 0 Å². The van der Waals surface area contributed by atoms with Gasteiger partial charge in [-0.1, -0.05) is 38.1 Å². The molecule has 1 aromatic carbocycles. The number of nitrogens with zero attached hydrogens (tertiary/aromatic N) is 1. The van der Waals surface area contributed by atoms with Crippen molar-refractivity contribution in [3.63, 3.8) is 0 Å². The van der Waals surface area contributed by atoms with Crippen LogP contribution < -0.4 is 5.32 Å². The van der Waals surface area contributed by atoms with Gasteiger partial charge in [-0.25, -0.2) is 0 Å². The van der Waals surface area contributed by atoms with Crippen molar-refractivity contribution < 1.29 is 4.74 Å². The van der Waals surface area contributed by atoms with E-state index in [1.807, 2.05) is 6.20 Å². The van der Waals surface area contributed by atoms with E-state index >= 15 is 0 Å². The molecule has 4 heteroatoms. The van der Waals surface area contributed by atoms with Gasteiger partial charge >= 0.3 is 0 Å². The van der Waals surface area contributed by atoms with E-state index in [4.69, 9.17) is 4.74 Å². The average Bonchev–Trinajstić information content (AvgIpc) is 2.92. The van der Waals surface area contributed by atoms with Crippen LogP contribution in [0.1, 0.15) is 25.0 Å². The highest BCUT2D eigenvalue weighted by molar-refractivity contribution is 5.62. The number of aromatic amines is 1. The summed E-state index contributed by atoms with van der Waals surface area (Å²) in [6.45, 7) is 6.84. The second kappa shape index (κ2) is 7.96. The van der Waals surface area contributed by atoms with Crippen molar-refractivity contribution in [3.8, 4) is 11.3 Å². The summed E-state index contributed by atoms with van der Waals surface area (Å²) in [5.74, 6) is 0.684. The number of benzene rings is 1. The van der Waals surface area contributed by atoms with Crippen LogP contribution in [-0.2, 0) is 17.7 Å². The lowest BCUT2D eigenvalue weighted by atomic mass is 10.00. The molecule has 21 heavy (non-hydrogen) atoms. The van der Waals surface area contributed by atoms with Crippen molar-refractivity contribution in [2.75, 3.05) is 20.3 Å². The van der Waals surface area contributed by atoms with Gasteiger partial charge < -0.3 is 10.1 Å². The van der Waals surface area contributed by atoms with E-state index in [0.717, 1.165) is 31.8 Å². The van der Waals surface area contributed by atoms with Gasteiger partial charge in [-0.2, -0.15) is 5.10 Å². The first-order valence-corrected chi connectivity index (χ1v) is 7.52. The number of methoxy groups -OCH3 is 1.